The molecule has 3 N–H and O–H groups in total. The number of para-hydroxylation sites is 1. The molecule has 1 aliphatic rings. The lowest BCUT2D eigenvalue weighted by atomic mass is 10.1. The number of hydrogen-bond acceptors (Lipinski definition) is 4. The van der Waals surface area contributed by atoms with Crippen LogP contribution in [0.4, 0.5) is 11.4 Å². The third-order valence-corrected chi connectivity index (χ3v) is 5.37. The fourth-order valence-corrected chi connectivity index (χ4v) is 3.75. The van der Waals surface area contributed by atoms with Crippen LogP contribution in [0.5, 0.6) is 0 Å². The van der Waals surface area contributed by atoms with Crippen molar-refractivity contribution in [1.29, 1.82) is 0 Å². The molecule has 0 saturated carbocycles. The average molecular weight is 369 g/mol. The van der Waals surface area contributed by atoms with Crippen molar-refractivity contribution in [1.82, 2.24) is 5.32 Å². The van der Waals surface area contributed by atoms with Crippen molar-refractivity contribution in [2.24, 2.45) is 0 Å². The molecule has 3 rings (SSSR count). The van der Waals surface area contributed by atoms with Gasteiger partial charge in [0.2, 0.25) is 5.91 Å². The molecule has 2 aromatic carbocycles. The Morgan fingerprint density at radius 3 is 2.69 bits per heavy atom. The zero-order valence-electron chi connectivity index (χ0n) is 14.7. The van der Waals surface area contributed by atoms with Crippen molar-refractivity contribution in [3.63, 3.8) is 0 Å². The van der Waals surface area contributed by atoms with Crippen molar-refractivity contribution >= 4 is 35.0 Å². The van der Waals surface area contributed by atoms with Crippen molar-refractivity contribution in [3.8, 4) is 0 Å². The first kappa shape index (κ1) is 18.5. The molecule has 5 nitrogen and oxygen atoms in total. The van der Waals surface area contributed by atoms with E-state index >= 15 is 0 Å². The monoisotopic (exact) mass is 369 g/mol. The van der Waals surface area contributed by atoms with E-state index in [4.69, 9.17) is 0 Å². The topological polar surface area (TPSA) is 70.2 Å². The second-order valence-electron chi connectivity index (χ2n) is 6.33. The highest BCUT2D eigenvalue weighted by Crippen LogP contribution is 2.19. The van der Waals surface area contributed by atoms with Crippen molar-refractivity contribution in [2.45, 2.75) is 19.4 Å². The van der Waals surface area contributed by atoms with E-state index in [-0.39, 0.29) is 17.9 Å². The van der Waals surface area contributed by atoms with Crippen LogP contribution in [-0.4, -0.2) is 35.9 Å². The molecule has 0 bridgehead atoms. The van der Waals surface area contributed by atoms with Crippen LogP contribution in [0, 0.1) is 6.92 Å². The Kier molecular flexibility index (Phi) is 6.30. The number of amides is 2. The van der Waals surface area contributed by atoms with Gasteiger partial charge in [-0.2, -0.15) is 11.8 Å². The van der Waals surface area contributed by atoms with Crippen molar-refractivity contribution in [2.75, 3.05) is 28.7 Å². The molecule has 1 atom stereocenters. The number of nitrogens with one attached hydrogen (secondary N) is 3. The van der Waals surface area contributed by atoms with Crippen molar-refractivity contribution in [3.05, 3.63) is 59.7 Å². The Morgan fingerprint density at radius 2 is 1.96 bits per heavy atom. The highest BCUT2D eigenvalue weighted by molar-refractivity contribution is 7.99. The van der Waals surface area contributed by atoms with Crippen LogP contribution in [0.15, 0.2) is 48.5 Å². The van der Waals surface area contributed by atoms with Gasteiger partial charge in [-0.15, -0.1) is 0 Å². The van der Waals surface area contributed by atoms with E-state index in [1.54, 1.807) is 12.1 Å². The number of carbonyl (C=O) groups is 2. The lowest BCUT2D eigenvalue weighted by Gasteiger charge is -2.22. The fraction of sp³-hybridized carbons (Fsp3) is 0.300. The maximum atomic E-state index is 12.4. The summed E-state index contributed by atoms with van der Waals surface area (Å²) in [4.78, 5) is 24.8. The van der Waals surface area contributed by atoms with Gasteiger partial charge in [0.05, 0.1) is 0 Å². The Hall–Kier alpha value is -2.31. The van der Waals surface area contributed by atoms with Gasteiger partial charge in [0.1, 0.15) is 0 Å². The van der Waals surface area contributed by atoms with Crippen LogP contribution in [0.25, 0.3) is 0 Å². The molecule has 26 heavy (non-hydrogen) atoms. The van der Waals surface area contributed by atoms with E-state index in [1.165, 1.54) is 0 Å². The molecule has 0 radical (unpaired) electrons. The predicted molar refractivity (Wildman–Crippen MR) is 108 cm³/mol. The highest BCUT2D eigenvalue weighted by Gasteiger charge is 2.17. The maximum absolute atomic E-state index is 12.4. The minimum Gasteiger partial charge on any atom is -0.326 e. The molecule has 1 heterocycles. The average Bonchev–Trinajstić information content (AvgIpc) is 2.65. The Labute approximate surface area is 157 Å². The molecule has 1 saturated heterocycles. The Balaban J connectivity index is 1.65. The molecule has 0 aromatic heterocycles. The van der Waals surface area contributed by atoms with Gasteiger partial charge in [-0.05, 0) is 36.8 Å². The Morgan fingerprint density at radius 1 is 1.15 bits per heavy atom. The van der Waals surface area contributed by atoms with E-state index in [0.717, 1.165) is 29.3 Å². The van der Waals surface area contributed by atoms with Crippen LogP contribution >= 0.6 is 11.8 Å². The predicted octanol–water partition coefficient (Wildman–Crippen LogP) is 3.28. The molecule has 0 spiro atoms. The minimum atomic E-state index is -0.197. The fourth-order valence-electron chi connectivity index (χ4n) is 2.80. The molecule has 1 aliphatic heterocycles. The lowest BCUT2D eigenvalue weighted by molar-refractivity contribution is -0.116. The van der Waals surface area contributed by atoms with Crippen LogP contribution < -0.4 is 16.0 Å². The standard InChI is InChI=1S/C20H23N3O2S/c1-14-7-8-15(20(25)22-16-5-3-2-4-6-16)11-18(14)23-19(24)12-17-13-26-10-9-21-17/h2-8,11,17,21H,9-10,12-13H2,1H3,(H,22,25)(H,23,24). The number of hydrogen-bond donors (Lipinski definition) is 3. The number of aryl methyl sites for hydroxylation is 1. The van der Waals surface area contributed by atoms with Gasteiger partial charge in [-0.1, -0.05) is 24.3 Å². The number of anilines is 2. The van der Waals surface area contributed by atoms with E-state index in [0.29, 0.717) is 17.7 Å². The lowest BCUT2D eigenvalue weighted by Crippen LogP contribution is -2.39. The summed E-state index contributed by atoms with van der Waals surface area (Å²) < 4.78 is 0. The molecule has 2 aromatic rings. The summed E-state index contributed by atoms with van der Waals surface area (Å²) in [5.41, 5.74) is 2.87. The van der Waals surface area contributed by atoms with E-state index < -0.39 is 0 Å². The van der Waals surface area contributed by atoms with Crippen LogP contribution in [0.1, 0.15) is 22.3 Å². The normalized spacial score (nSPS) is 16.7. The minimum absolute atomic E-state index is 0.0336. The Bertz CT molecular complexity index is 774. The molecule has 1 unspecified atom stereocenters. The first-order valence-electron chi connectivity index (χ1n) is 8.70. The summed E-state index contributed by atoms with van der Waals surface area (Å²) >= 11 is 1.87. The molecule has 2 amide bonds. The first-order chi connectivity index (χ1) is 12.6. The SMILES string of the molecule is Cc1ccc(C(=O)Nc2ccccc2)cc1NC(=O)CC1CSCCN1. The molecule has 0 aliphatic carbocycles. The zero-order chi connectivity index (χ0) is 18.4. The number of carbonyl (C=O) groups excluding carboxylic acids is 2. The number of benzene rings is 2. The third-order valence-electron chi connectivity index (χ3n) is 4.24. The highest BCUT2D eigenvalue weighted by atomic mass is 32.2. The first-order valence-corrected chi connectivity index (χ1v) is 9.85. The summed E-state index contributed by atoms with van der Waals surface area (Å²) in [7, 11) is 0. The van der Waals surface area contributed by atoms with Gasteiger partial charge >= 0.3 is 0 Å². The van der Waals surface area contributed by atoms with Gasteiger partial charge in [-0.25, -0.2) is 0 Å². The van der Waals surface area contributed by atoms with Gasteiger partial charge in [0.15, 0.2) is 0 Å². The largest absolute Gasteiger partial charge is 0.326 e. The quantitative estimate of drug-likeness (QED) is 0.756. The van der Waals surface area contributed by atoms with Crippen LogP contribution in [-0.2, 0) is 4.79 Å². The van der Waals surface area contributed by atoms with Gasteiger partial charge in [0, 0.05) is 47.5 Å². The summed E-state index contributed by atoms with van der Waals surface area (Å²) in [6.45, 7) is 2.86. The number of thioether (sulfide) groups is 1. The maximum Gasteiger partial charge on any atom is 0.255 e. The molecule has 1 fully saturated rings. The van der Waals surface area contributed by atoms with E-state index in [1.807, 2.05) is 55.1 Å². The number of rotatable bonds is 5. The zero-order valence-corrected chi connectivity index (χ0v) is 15.6. The van der Waals surface area contributed by atoms with Gasteiger partial charge in [-0.3, -0.25) is 9.59 Å². The summed E-state index contributed by atoms with van der Waals surface area (Å²) in [6.07, 6.45) is 0.437. The molecular formula is C20H23N3O2S. The summed E-state index contributed by atoms with van der Waals surface area (Å²) in [5.74, 6) is 1.81. The summed E-state index contributed by atoms with van der Waals surface area (Å²) in [6, 6.07) is 14.9. The second-order valence-corrected chi connectivity index (χ2v) is 7.48. The third kappa shape index (κ3) is 5.09. The molecule has 136 valence electrons. The molecule has 6 heteroatoms. The van der Waals surface area contributed by atoms with Gasteiger partial charge in [0.25, 0.3) is 5.91 Å². The van der Waals surface area contributed by atoms with Gasteiger partial charge < -0.3 is 16.0 Å². The summed E-state index contributed by atoms with van der Waals surface area (Å²) in [5, 5.41) is 9.17. The smallest absolute Gasteiger partial charge is 0.255 e. The van der Waals surface area contributed by atoms with Crippen molar-refractivity contribution < 1.29 is 9.59 Å². The van der Waals surface area contributed by atoms with E-state index in [2.05, 4.69) is 16.0 Å². The van der Waals surface area contributed by atoms with Crippen LogP contribution in [0.3, 0.4) is 0 Å². The second kappa shape index (κ2) is 8.87. The van der Waals surface area contributed by atoms with E-state index in [9.17, 15) is 9.59 Å². The van der Waals surface area contributed by atoms with Crippen LogP contribution in [0.2, 0.25) is 0 Å². The molecular weight excluding hydrogens is 346 g/mol.